The lowest BCUT2D eigenvalue weighted by Crippen LogP contribution is -2.36. The predicted molar refractivity (Wildman–Crippen MR) is 44.9 cm³/mol. The van der Waals surface area contributed by atoms with Gasteiger partial charge < -0.3 is 4.90 Å². The Balaban J connectivity index is 2.53. The number of likely N-dealkylation sites (tertiary alicyclic amines) is 1. The Morgan fingerprint density at radius 1 is 1.64 bits per heavy atom. The van der Waals surface area contributed by atoms with Gasteiger partial charge in [-0.1, -0.05) is 13.8 Å². The van der Waals surface area contributed by atoms with Gasteiger partial charge in [-0.3, -0.25) is 4.79 Å². The molecule has 1 heterocycles. The van der Waals surface area contributed by atoms with E-state index in [0.717, 1.165) is 19.4 Å². The highest BCUT2D eigenvalue weighted by Crippen LogP contribution is 2.18. The Morgan fingerprint density at radius 3 is 2.64 bits per heavy atom. The lowest BCUT2D eigenvalue weighted by molar-refractivity contribution is -0.134. The Bertz CT molecular complexity index is 154. The lowest BCUT2D eigenvalue weighted by atomic mass is 10.2. The minimum Gasteiger partial charge on any atom is -0.339 e. The zero-order valence-electron chi connectivity index (χ0n) is 7.34. The van der Waals surface area contributed by atoms with Crippen LogP contribution in [0.25, 0.3) is 0 Å². The second kappa shape index (κ2) is 3.24. The molecular formula is C9H16NO. The number of rotatable bonds is 1. The molecule has 0 spiro atoms. The molecule has 2 heteroatoms. The van der Waals surface area contributed by atoms with E-state index in [1.807, 2.05) is 18.7 Å². The van der Waals surface area contributed by atoms with E-state index in [4.69, 9.17) is 0 Å². The van der Waals surface area contributed by atoms with E-state index in [1.54, 1.807) is 0 Å². The molecule has 1 radical (unpaired) electrons. The Labute approximate surface area is 68.6 Å². The zero-order chi connectivity index (χ0) is 8.43. The van der Waals surface area contributed by atoms with E-state index in [0.29, 0.717) is 0 Å². The quantitative estimate of drug-likeness (QED) is 0.560. The largest absolute Gasteiger partial charge is 0.339 e. The topological polar surface area (TPSA) is 20.3 Å². The molecule has 1 atom stereocenters. The maximum atomic E-state index is 11.4. The molecule has 0 saturated carbocycles. The summed E-state index contributed by atoms with van der Waals surface area (Å²) in [4.78, 5) is 13.3. The summed E-state index contributed by atoms with van der Waals surface area (Å²) in [6.45, 7) is 8.71. The zero-order valence-corrected chi connectivity index (χ0v) is 7.34. The van der Waals surface area contributed by atoms with Gasteiger partial charge in [0.1, 0.15) is 0 Å². The van der Waals surface area contributed by atoms with E-state index in [-0.39, 0.29) is 17.9 Å². The van der Waals surface area contributed by atoms with Crippen LogP contribution in [-0.4, -0.2) is 23.4 Å². The molecule has 0 aromatic heterocycles. The molecule has 63 valence electrons. The van der Waals surface area contributed by atoms with Crippen molar-refractivity contribution in [3.05, 3.63) is 6.92 Å². The number of carbonyl (C=O) groups is 1. The molecule has 11 heavy (non-hydrogen) atoms. The van der Waals surface area contributed by atoms with Gasteiger partial charge in [0.15, 0.2) is 0 Å². The van der Waals surface area contributed by atoms with Gasteiger partial charge in [-0.15, -0.1) is 0 Å². The highest BCUT2D eigenvalue weighted by Gasteiger charge is 2.26. The molecule has 1 aliphatic rings. The first-order chi connectivity index (χ1) is 5.13. The van der Waals surface area contributed by atoms with Gasteiger partial charge in [-0.05, 0) is 19.8 Å². The van der Waals surface area contributed by atoms with Gasteiger partial charge in [0, 0.05) is 18.5 Å². The van der Waals surface area contributed by atoms with E-state index >= 15 is 0 Å². The monoisotopic (exact) mass is 154 g/mol. The van der Waals surface area contributed by atoms with E-state index in [1.165, 1.54) is 0 Å². The molecule has 1 fully saturated rings. The van der Waals surface area contributed by atoms with Crippen LogP contribution in [0.5, 0.6) is 0 Å². The highest BCUT2D eigenvalue weighted by atomic mass is 16.2. The fourth-order valence-corrected chi connectivity index (χ4v) is 1.46. The van der Waals surface area contributed by atoms with Crippen molar-refractivity contribution >= 4 is 5.91 Å². The van der Waals surface area contributed by atoms with Crippen LogP contribution >= 0.6 is 0 Å². The summed E-state index contributed by atoms with van der Waals surface area (Å²) in [7, 11) is 0. The predicted octanol–water partition coefficient (Wildman–Crippen LogP) is 1.47. The van der Waals surface area contributed by atoms with Gasteiger partial charge in [-0.2, -0.15) is 0 Å². The highest BCUT2D eigenvalue weighted by molar-refractivity contribution is 5.78. The molecule has 0 N–H and O–H groups in total. The third kappa shape index (κ3) is 1.73. The first-order valence-corrected chi connectivity index (χ1v) is 4.26. The maximum absolute atomic E-state index is 11.4. The van der Waals surface area contributed by atoms with Crippen molar-refractivity contribution in [2.75, 3.05) is 6.54 Å². The summed E-state index contributed by atoms with van der Waals surface area (Å²) in [6, 6.07) is 0.227. The van der Waals surface area contributed by atoms with Crippen molar-refractivity contribution in [3.63, 3.8) is 0 Å². The molecule has 0 aromatic rings. The smallest absolute Gasteiger partial charge is 0.225 e. The molecule has 0 aliphatic carbocycles. The summed E-state index contributed by atoms with van der Waals surface area (Å²) < 4.78 is 0. The van der Waals surface area contributed by atoms with Crippen molar-refractivity contribution < 1.29 is 4.79 Å². The van der Waals surface area contributed by atoms with Crippen LogP contribution in [0.15, 0.2) is 0 Å². The van der Waals surface area contributed by atoms with Crippen LogP contribution in [0.4, 0.5) is 0 Å². The Morgan fingerprint density at radius 2 is 2.27 bits per heavy atom. The number of carbonyl (C=O) groups excluding carboxylic acids is 1. The first-order valence-electron chi connectivity index (χ1n) is 4.26. The normalized spacial score (nSPS) is 24.7. The summed E-state index contributed by atoms with van der Waals surface area (Å²) >= 11 is 0. The van der Waals surface area contributed by atoms with E-state index < -0.39 is 0 Å². The van der Waals surface area contributed by atoms with Crippen LogP contribution in [0.1, 0.15) is 26.7 Å². The minimum absolute atomic E-state index is 0.123. The standard InChI is InChI=1S/C9H16NO/c1-7(2)9(11)10-6-4-5-8(10)3/h7-8H,3-6H2,1-2H3/t8-/m0/s1. The van der Waals surface area contributed by atoms with Crippen LogP contribution < -0.4 is 0 Å². The van der Waals surface area contributed by atoms with Crippen LogP contribution in [0.3, 0.4) is 0 Å². The molecule has 0 bridgehead atoms. The summed E-state index contributed by atoms with van der Waals surface area (Å²) in [5.74, 6) is 0.375. The van der Waals surface area contributed by atoms with Gasteiger partial charge in [0.2, 0.25) is 5.91 Å². The lowest BCUT2D eigenvalue weighted by Gasteiger charge is -2.23. The van der Waals surface area contributed by atoms with Crippen LogP contribution in [-0.2, 0) is 4.79 Å². The summed E-state index contributed by atoms with van der Waals surface area (Å²) in [5.41, 5.74) is 0. The van der Waals surface area contributed by atoms with Crippen molar-refractivity contribution in [2.45, 2.75) is 32.7 Å². The molecular weight excluding hydrogens is 138 g/mol. The molecule has 0 aromatic carbocycles. The van der Waals surface area contributed by atoms with Crippen molar-refractivity contribution in [1.29, 1.82) is 0 Å². The first kappa shape index (κ1) is 8.57. The van der Waals surface area contributed by atoms with Crippen LogP contribution in [0.2, 0.25) is 0 Å². The number of nitrogens with zero attached hydrogens (tertiary/aromatic N) is 1. The average molecular weight is 154 g/mol. The number of amides is 1. The van der Waals surface area contributed by atoms with Gasteiger partial charge >= 0.3 is 0 Å². The fourth-order valence-electron chi connectivity index (χ4n) is 1.46. The molecule has 1 rings (SSSR count). The summed E-state index contributed by atoms with van der Waals surface area (Å²) in [5, 5.41) is 0. The minimum atomic E-state index is 0.123. The summed E-state index contributed by atoms with van der Waals surface area (Å²) in [6.07, 6.45) is 2.19. The van der Waals surface area contributed by atoms with E-state index in [9.17, 15) is 4.79 Å². The van der Waals surface area contributed by atoms with Crippen molar-refractivity contribution in [1.82, 2.24) is 4.90 Å². The second-order valence-corrected chi connectivity index (χ2v) is 3.48. The molecule has 1 amide bonds. The van der Waals surface area contributed by atoms with Gasteiger partial charge in [0.25, 0.3) is 0 Å². The molecule has 1 saturated heterocycles. The third-order valence-electron chi connectivity index (χ3n) is 2.15. The number of hydrogen-bond acceptors (Lipinski definition) is 1. The number of hydrogen-bond donors (Lipinski definition) is 0. The molecule has 0 unspecified atom stereocenters. The van der Waals surface area contributed by atoms with Crippen LogP contribution in [0, 0.1) is 12.8 Å². The molecule has 1 aliphatic heterocycles. The second-order valence-electron chi connectivity index (χ2n) is 3.48. The Kier molecular flexibility index (Phi) is 2.53. The van der Waals surface area contributed by atoms with Gasteiger partial charge in [-0.25, -0.2) is 0 Å². The molecule has 2 nitrogen and oxygen atoms in total. The van der Waals surface area contributed by atoms with Crippen molar-refractivity contribution in [3.8, 4) is 0 Å². The van der Waals surface area contributed by atoms with Crippen molar-refractivity contribution in [2.24, 2.45) is 5.92 Å². The van der Waals surface area contributed by atoms with E-state index in [2.05, 4.69) is 6.92 Å². The Hall–Kier alpha value is -0.530. The SMILES string of the molecule is [CH2][C@H]1CCCN1C(=O)C(C)C. The maximum Gasteiger partial charge on any atom is 0.225 e. The van der Waals surface area contributed by atoms with Gasteiger partial charge in [0.05, 0.1) is 0 Å². The fraction of sp³-hybridized carbons (Fsp3) is 0.778. The third-order valence-corrected chi connectivity index (χ3v) is 2.15. The average Bonchev–Trinajstić information content (AvgIpc) is 2.33.